The van der Waals surface area contributed by atoms with Gasteiger partial charge in [-0.2, -0.15) is 0 Å². The molecule has 1 unspecified atom stereocenters. The first kappa shape index (κ1) is 66.6. The van der Waals surface area contributed by atoms with E-state index in [0.717, 1.165) is 128 Å². The van der Waals surface area contributed by atoms with Crippen LogP contribution in [0.4, 0.5) is 0 Å². The number of carbonyl (C=O) groups is 3. The predicted octanol–water partition coefficient (Wildman–Crippen LogP) is 19.4. The van der Waals surface area contributed by atoms with Gasteiger partial charge in [-0.25, -0.2) is 0 Å². The first-order chi connectivity index (χ1) is 35.0. The molecular formula is C65H104O6. The van der Waals surface area contributed by atoms with Gasteiger partial charge in [0.05, 0.1) is 0 Å². The Morgan fingerprint density at radius 1 is 0.310 bits per heavy atom. The van der Waals surface area contributed by atoms with Crippen molar-refractivity contribution in [2.75, 3.05) is 13.2 Å². The zero-order valence-corrected chi connectivity index (χ0v) is 45.7. The third-order valence-corrected chi connectivity index (χ3v) is 11.7. The molecule has 0 aromatic heterocycles. The van der Waals surface area contributed by atoms with Gasteiger partial charge in [0.1, 0.15) is 13.2 Å². The van der Waals surface area contributed by atoms with Crippen LogP contribution >= 0.6 is 0 Å². The van der Waals surface area contributed by atoms with E-state index in [1.807, 2.05) is 12.2 Å². The molecule has 0 amide bonds. The van der Waals surface area contributed by atoms with E-state index in [4.69, 9.17) is 14.2 Å². The molecule has 71 heavy (non-hydrogen) atoms. The molecule has 0 aliphatic heterocycles. The van der Waals surface area contributed by atoms with E-state index in [1.165, 1.54) is 64.2 Å². The van der Waals surface area contributed by atoms with Crippen LogP contribution in [0.2, 0.25) is 0 Å². The van der Waals surface area contributed by atoms with Crippen molar-refractivity contribution in [1.82, 2.24) is 0 Å². The summed E-state index contributed by atoms with van der Waals surface area (Å²) < 4.78 is 16.8. The minimum Gasteiger partial charge on any atom is -0.462 e. The second kappa shape index (κ2) is 58.1. The lowest BCUT2D eigenvalue weighted by Gasteiger charge is -2.18. The lowest BCUT2D eigenvalue weighted by atomic mass is 10.1. The van der Waals surface area contributed by atoms with E-state index >= 15 is 0 Å². The molecule has 0 bridgehead atoms. The standard InChI is InChI=1S/C65H104O6/c1-4-7-10-13-16-19-22-25-28-31-33-35-37-40-43-46-49-52-55-58-64(67)70-61-62(60-69-63(66)57-54-51-48-45-42-39-36-30-27-24-21-18-15-12-9-6-3)71-65(68)59-56-53-50-47-44-41-38-34-32-29-26-23-20-17-14-11-8-5-2/h7,9-10,12,16,18-19,21,25,27-30,32-35,38,40,43,49,52,62H,4-6,8,11,13-15,17,20,22-24,26,31,36-37,39,41-42,44-48,50-51,53-61H2,1-3H3/b10-7-,12-9-,19-16-,21-18-,28-25-,30-27-,32-29-,35-33-,38-34-,43-40-,52-49-. The zero-order chi connectivity index (χ0) is 51.4. The topological polar surface area (TPSA) is 78.9 Å². The van der Waals surface area contributed by atoms with Gasteiger partial charge >= 0.3 is 17.9 Å². The van der Waals surface area contributed by atoms with E-state index in [0.29, 0.717) is 12.8 Å². The van der Waals surface area contributed by atoms with E-state index in [9.17, 15) is 14.4 Å². The molecule has 0 saturated heterocycles. The van der Waals surface area contributed by atoms with Crippen molar-refractivity contribution >= 4 is 17.9 Å². The van der Waals surface area contributed by atoms with Gasteiger partial charge < -0.3 is 14.2 Å². The van der Waals surface area contributed by atoms with Gasteiger partial charge in [0.2, 0.25) is 0 Å². The lowest BCUT2D eigenvalue weighted by molar-refractivity contribution is -0.166. The predicted molar refractivity (Wildman–Crippen MR) is 306 cm³/mol. The Labute approximate surface area is 436 Å². The second-order valence-corrected chi connectivity index (χ2v) is 18.5. The van der Waals surface area contributed by atoms with Gasteiger partial charge in [-0.3, -0.25) is 14.4 Å². The fourth-order valence-corrected chi connectivity index (χ4v) is 7.41. The summed E-state index contributed by atoms with van der Waals surface area (Å²) in [6.07, 6.45) is 81.6. The first-order valence-corrected chi connectivity index (χ1v) is 28.7. The van der Waals surface area contributed by atoms with E-state index in [2.05, 4.69) is 142 Å². The molecule has 0 saturated carbocycles. The van der Waals surface area contributed by atoms with Crippen LogP contribution in [0.25, 0.3) is 0 Å². The van der Waals surface area contributed by atoms with Crippen LogP contribution in [0, 0.1) is 0 Å². The Bertz CT molecular complexity index is 1550. The zero-order valence-electron chi connectivity index (χ0n) is 45.7. The maximum Gasteiger partial charge on any atom is 0.306 e. The van der Waals surface area contributed by atoms with Gasteiger partial charge in [0.25, 0.3) is 0 Å². The van der Waals surface area contributed by atoms with Gasteiger partial charge in [0, 0.05) is 19.3 Å². The molecule has 0 rings (SSSR count). The highest BCUT2D eigenvalue weighted by Crippen LogP contribution is 2.13. The molecule has 0 radical (unpaired) electrons. The number of allylic oxidation sites excluding steroid dienone is 22. The molecule has 0 heterocycles. The lowest BCUT2D eigenvalue weighted by Crippen LogP contribution is -2.30. The van der Waals surface area contributed by atoms with Crippen LogP contribution in [-0.4, -0.2) is 37.2 Å². The van der Waals surface area contributed by atoms with Crippen molar-refractivity contribution < 1.29 is 28.6 Å². The Balaban J connectivity index is 4.57. The van der Waals surface area contributed by atoms with Gasteiger partial charge in [-0.05, 0) is 116 Å². The van der Waals surface area contributed by atoms with Crippen LogP contribution in [-0.2, 0) is 28.6 Å². The number of unbranched alkanes of at least 4 members (excludes halogenated alkanes) is 18. The van der Waals surface area contributed by atoms with Crippen LogP contribution in [0.1, 0.15) is 239 Å². The second-order valence-electron chi connectivity index (χ2n) is 18.5. The monoisotopic (exact) mass is 981 g/mol. The summed E-state index contributed by atoms with van der Waals surface area (Å²) in [5.41, 5.74) is 0. The summed E-state index contributed by atoms with van der Waals surface area (Å²) in [6, 6.07) is 0. The molecule has 1 atom stereocenters. The fourth-order valence-electron chi connectivity index (χ4n) is 7.41. The maximum atomic E-state index is 12.9. The molecule has 0 spiro atoms. The molecule has 0 aliphatic carbocycles. The summed E-state index contributed by atoms with van der Waals surface area (Å²) >= 11 is 0. The number of rotatable bonds is 50. The quantitative estimate of drug-likeness (QED) is 0.0199. The summed E-state index contributed by atoms with van der Waals surface area (Å²) in [4.78, 5) is 38.1. The third-order valence-electron chi connectivity index (χ3n) is 11.7. The van der Waals surface area contributed by atoms with Crippen LogP contribution in [0.15, 0.2) is 134 Å². The van der Waals surface area contributed by atoms with E-state index in [1.54, 1.807) is 0 Å². The largest absolute Gasteiger partial charge is 0.462 e. The molecule has 6 nitrogen and oxygen atoms in total. The summed E-state index contributed by atoms with van der Waals surface area (Å²) in [7, 11) is 0. The highest BCUT2D eigenvalue weighted by molar-refractivity contribution is 5.71. The Morgan fingerprint density at radius 2 is 0.620 bits per heavy atom. The number of hydrogen-bond acceptors (Lipinski definition) is 6. The van der Waals surface area contributed by atoms with E-state index < -0.39 is 6.10 Å². The van der Waals surface area contributed by atoms with Crippen molar-refractivity contribution in [3.8, 4) is 0 Å². The first-order valence-electron chi connectivity index (χ1n) is 28.7. The SMILES string of the molecule is CC/C=C\C/C=C\C/C=C\C/C=C\C/C=C\C/C=C\CCC(=O)OCC(COC(=O)CCCCCCCC/C=C\C/C=C\C/C=C\CC)OC(=O)CCCCCCC/C=C\C=C/CCCCCCCCC. The molecule has 0 fully saturated rings. The fraction of sp³-hybridized carbons (Fsp3) is 0.615. The van der Waals surface area contributed by atoms with Crippen LogP contribution in [0.3, 0.4) is 0 Å². The van der Waals surface area contributed by atoms with Crippen LogP contribution in [0.5, 0.6) is 0 Å². The average molecular weight is 982 g/mol. The Kier molecular flexibility index (Phi) is 54.5. The number of hydrogen-bond donors (Lipinski definition) is 0. The smallest absolute Gasteiger partial charge is 0.306 e. The minimum atomic E-state index is -0.828. The number of ether oxygens (including phenoxy) is 3. The average Bonchev–Trinajstić information content (AvgIpc) is 3.37. The van der Waals surface area contributed by atoms with Crippen LogP contribution < -0.4 is 0 Å². The Morgan fingerprint density at radius 3 is 1.03 bits per heavy atom. The molecule has 400 valence electrons. The molecule has 0 aliphatic rings. The molecule has 0 aromatic rings. The van der Waals surface area contributed by atoms with Gasteiger partial charge in [-0.1, -0.05) is 238 Å². The number of esters is 3. The third kappa shape index (κ3) is 56.3. The van der Waals surface area contributed by atoms with Crippen molar-refractivity contribution in [1.29, 1.82) is 0 Å². The van der Waals surface area contributed by atoms with Crippen molar-refractivity contribution in [2.45, 2.75) is 245 Å². The number of carbonyl (C=O) groups excluding carboxylic acids is 3. The Hall–Kier alpha value is -4.45. The maximum absolute atomic E-state index is 12.9. The minimum absolute atomic E-state index is 0.119. The summed E-state index contributed by atoms with van der Waals surface area (Å²) in [6.45, 7) is 6.31. The van der Waals surface area contributed by atoms with Gasteiger partial charge in [0.15, 0.2) is 6.10 Å². The molecule has 0 N–H and O–H groups in total. The normalized spacial score (nSPS) is 13.1. The van der Waals surface area contributed by atoms with Crippen molar-refractivity contribution in [2.24, 2.45) is 0 Å². The van der Waals surface area contributed by atoms with Gasteiger partial charge in [-0.15, -0.1) is 0 Å². The highest BCUT2D eigenvalue weighted by atomic mass is 16.6. The highest BCUT2D eigenvalue weighted by Gasteiger charge is 2.19. The summed E-state index contributed by atoms with van der Waals surface area (Å²) in [5.74, 6) is -1.04. The molecular weight excluding hydrogens is 877 g/mol. The summed E-state index contributed by atoms with van der Waals surface area (Å²) in [5, 5.41) is 0. The van der Waals surface area contributed by atoms with Crippen molar-refractivity contribution in [3.05, 3.63) is 134 Å². The van der Waals surface area contributed by atoms with E-state index in [-0.39, 0.29) is 44.0 Å². The van der Waals surface area contributed by atoms with Crippen molar-refractivity contribution in [3.63, 3.8) is 0 Å². The molecule has 6 heteroatoms. The molecule has 0 aromatic carbocycles.